The first-order valence-corrected chi connectivity index (χ1v) is 11.0. The average molecular weight is 443 g/mol. The van der Waals surface area contributed by atoms with E-state index in [0.717, 1.165) is 50.6 Å². The highest BCUT2D eigenvalue weighted by Crippen LogP contribution is 2.33. The summed E-state index contributed by atoms with van der Waals surface area (Å²) in [4.78, 5) is 29.3. The van der Waals surface area contributed by atoms with Gasteiger partial charge in [-0.05, 0) is 74.1 Å². The van der Waals surface area contributed by atoms with Crippen molar-refractivity contribution in [1.29, 1.82) is 0 Å². The minimum Gasteiger partial charge on any atom is -0.348 e. The second-order valence-corrected chi connectivity index (χ2v) is 8.51. The molecular formula is C24H31ClN4O2. The number of hydrogen-bond donors (Lipinski definition) is 3. The number of pyridine rings is 1. The molecule has 1 unspecified atom stereocenters. The Bertz CT molecular complexity index is 884. The third kappa shape index (κ3) is 5.63. The maximum atomic E-state index is 12.9. The second kappa shape index (κ2) is 10.7. The first kappa shape index (κ1) is 23.2. The molecule has 1 heterocycles. The number of nitrogens with two attached hydrogens (primary N) is 1. The summed E-state index contributed by atoms with van der Waals surface area (Å²) < 4.78 is 0. The lowest BCUT2D eigenvalue weighted by Crippen LogP contribution is -2.48. The van der Waals surface area contributed by atoms with Gasteiger partial charge in [0.2, 0.25) is 11.8 Å². The molecule has 2 aromatic rings. The van der Waals surface area contributed by atoms with Crippen LogP contribution in [0.5, 0.6) is 0 Å². The van der Waals surface area contributed by atoms with Gasteiger partial charge in [-0.1, -0.05) is 24.3 Å². The highest BCUT2D eigenvalue weighted by atomic mass is 35.5. The summed E-state index contributed by atoms with van der Waals surface area (Å²) in [6, 6.07) is 11.4. The summed E-state index contributed by atoms with van der Waals surface area (Å²) in [5.41, 5.74) is 9.66. The molecule has 0 saturated heterocycles. The molecule has 2 aliphatic rings. The second-order valence-electron chi connectivity index (χ2n) is 8.51. The van der Waals surface area contributed by atoms with E-state index in [4.69, 9.17) is 5.73 Å². The molecule has 166 valence electrons. The lowest BCUT2D eigenvalue weighted by molar-refractivity contribution is -0.125. The maximum Gasteiger partial charge on any atom is 0.237 e. The molecule has 1 aromatic heterocycles. The van der Waals surface area contributed by atoms with Gasteiger partial charge in [0, 0.05) is 24.0 Å². The van der Waals surface area contributed by atoms with Gasteiger partial charge in [0.1, 0.15) is 0 Å². The molecule has 0 radical (unpaired) electrons. The Labute approximate surface area is 189 Å². The smallest absolute Gasteiger partial charge is 0.237 e. The minimum absolute atomic E-state index is 0. The summed E-state index contributed by atoms with van der Waals surface area (Å²) in [7, 11) is 0. The van der Waals surface area contributed by atoms with E-state index in [2.05, 4.69) is 33.8 Å². The fourth-order valence-electron chi connectivity index (χ4n) is 4.81. The quantitative estimate of drug-likeness (QED) is 0.656. The number of benzene rings is 1. The fraction of sp³-hybridized carbons (Fsp3) is 0.458. The molecule has 2 aliphatic carbocycles. The number of hydrogen-bond acceptors (Lipinski definition) is 4. The molecule has 31 heavy (non-hydrogen) atoms. The van der Waals surface area contributed by atoms with E-state index >= 15 is 0 Å². The summed E-state index contributed by atoms with van der Waals surface area (Å²) >= 11 is 0. The molecule has 1 saturated carbocycles. The van der Waals surface area contributed by atoms with Crippen molar-refractivity contribution in [1.82, 2.24) is 10.3 Å². The van der Waals surface area contributed by atoms with Crippen LogP contribution in [0.3, 0.4) is 0 Å². The molecule has 4 N–H and O–H groups in total. The van der Waals surface area contributed by atoms with Crippen molar-refractivity contribution in [2.75, 3.05) is 5.32 Å². The van der Waals surface area contributed by atoms with Gasteiger partial charge >= 0.3 is 0 Å². The molecule has 6 nitrogen and oxygen atoms in total. The average Bonchev–Trinajstić information content (AvgIpc) is 2.79. The number of carbonyl (C=O) groups is 2. The minimum atomic E-state index is -0.525. The maximum absolute atomic E-state index is 12.9. The highest BCUT2D eigenvalue weighted by Gasteiger charge is 2.33. The third-order valence-electron chi connectivity index (χ3n) is 6.59. The van der Waals surface area contributed by atoms with E-state index in [9.17, 15) is 9.59 Å². The Morgan fingerprint density at radius 1 is 1.00 bits per heavy atom. The van der Waals surface area contributed by atoms with Crippen LogP contribution in [-0.2, 0) is 16.0 Å². The van der Waals surface area contributed by atoms with E-state index in [1.165, 1.54) is 11.1 Å². The largest absolute Gasteiger partial charge is 0.348 e. The fourth-order valence-corrected chi connectivity index (χ4v) is 4.81. The number of rotatable bonds is 5. The van der Waals surface area contributed by atoms with Crippen LogP contribution in [0.25, 0.3) is 0 Å². The molecule has 1 aromatic carbocycles. The molecule has 7 heteroatoms. The van der Waals surface area contributed by atoms with Crippen molar-refractivity contribution < 1.29 is 9.59 Å². The Morgan fingerprint density at radius 3 is 2.45 bits per heavy atom. The topological polar surface area (TPSA) is 97.1 Å². The zero-order valence-corrected chi connectivity index (χ0v) is 18.4. The van der Waals surface area contributed by atoms with Crippen LogP contribution in [0.15, 0.2) is 48.8 Å². The third-order valence-corrected chi connectivity index (χ3v) is 6.59. The number of nitrogens with zero attached hydrogens (tertiary/aromatic N) is 1. The van der Waals surface area contributed by atoms with Crippen molar-refractivity contribution in [3.8, 4) is 0 Å². The van der Waals surface area contributed by atoms with Gasteiger partial charge in [-0.3, -0.25) is 14.6 Å². The summed E-state index contributed by atoms with van der Waals surface area (Å²) in [6.45, 7) is 0. The lowest BCUT2D eigenvalue weighted by Gasteiger charge is -2.33. The van der Waals surface area contributed by atoms with Crippen LogP contribution in [0.1, 0.15) is 55.7 Å². The number of fused-ring (bicyclic) bond motifs is 1. The molecule has 0 bridgehead atoms. The molecule has 2 amide bonds. The highest BCUT2D eigenvalue weighted by molar-refractivity contribution is 5.92. The number of carbonyl (C=O) groups excluding carboxylic acids is 2. The van der Waals surface area contributed by atoms with Crippen LogP contribution in [0.4, 0.5) is 5.69 Å². The first-order chi connectivity index (χ1) is 14.6. The SMILES string of the molecule is Cl.NC(C(=O)N[C@@H]1CCCc2ccccc21)C1CCC(C(=O)Nc2ccncc2)CC1. The number of aromatic nitrogens is 1. The van der Waals surface area contributed by atoms with Crippen molar-refractivity contribution >= 4 is 29.9 Å². The van der Waals surface area contributed by atoms with E-state index < -0.39 is 6.04 Å². The van der Waals surface area contributed by atoms with E-state index in [1.54, 1.807) is 24.5 Å². The monoisotopic (exact) mass is 442 g/mol. The molecule has 0 aliphatic heterocycles. The number of amides is 2. The zero-order chi connectivity index (χ0) is 20.9. The predicted molar refractivity (Wildman–Crippen MR) is 124 cm³/mol. The zero-order valence-electron chi connectivity index (χ0n) is 17.6. The number of nitrogens with one attached hydrogen (secondary N) is 2. The van der Waals surface area contributed by atoms with Crippen LogP contribution in [-0.4, -0.2) is 22.8 Å². The van der Waals surface area contributed by atoms with Crippen molar-refractivity contribution in [2.24, 2.45) is 17.6 Å². The first-order valence-electron chi connectivity index (χ1n) is 11.0. The lowest BCUT2D eigenvalue weighted by atomic mass is 9.78. The molecule has 1 fully saturated rings. The summed E-state index contributed by atoms with van der Waals surface area (Å²) in [5.74, 6) is 0.0570. The normalized spacial score (nSPS) is 23.6. The van der Waals surface area contributed by atoms with Gasteiger partial charge in [-0.25, -0.2) is 0 Å². The Balaban J connectivity index is 0.00000272. The van der Waals surface area contributed by atoms with Gasteiger partial charge in [-0.2, -0.15) is 0 Å². The standard InChI is InChI=1S/C24H30N4O2.ClH/c25-22(24(30)28-21-7-3-5-16-4-1-2-6-20(16)21)17-8-10-18(11-9-17)23(29)27-19-12-14-26-15-13-19;/h1-2,4,6,12-15,17-18,21-22H,3,5,7-11,25H2,(H,28,30)(H,26,27,29);1H/t17?,18?,21-,22?;/m1./s1. The van der Waals surface area contributed by atoms with E-state index in [-0.39, 0.29) is 42.1 Å². The van der Waals surface area contributed by atoms with Gasteiger partial charge in [0.15, 0.2) is 0 Å². The van der Waals surface area contributed by atoms with Gasteiger partial charge in [0.25, 0.3) is 0 Å². The van der Waals surface area contributed by atoms with Crippen molar-refractivity contribution in [2.45, 2.75) is 57.0 Å². The van der Waals surface area contributed by atoms with Crippen LogP contribution in [0, 0.1) is 11.8 Å². The van der Waals surface area contributed by atoms with Crippen LogP contribution < -0.4 is 16.4 Å². The molecule has 4 rings (SSSR count). The van der Waals surface area contributed by atoms with Crippen molar-refractivity contribution in [3.63, 3.8) is 0 Å². The Kier molecular flexibility index (Phi) is 8.04. The van der Waals surface area contributed by atoms with E-state index in [0.29, 0.717) is 0 Å². The number of anilines is 1. The van der Waals surface area contributed by atoms with Gasteiger partial charge in [-0.15, -0.1) is 12.4 Å². The Hall–Kier alpha value is -2.44. The van der Waals surface area contributed by atoms with Crippen molar-refractivity contribution in [3.05, 3.63) is 59.9 Å². The number of aryl methyl sites for hydroxylation is 1. The summed E-state index contributed by atoms with van der Waals surface area (Å²) in [6.07, 6.45) is 9.54. The van der Waals surface area contributed by atoms with Gasteiger partial charge < -0.3 is 16.4 Å². The van der Waals surface area contributed by atoms with Crippen LogP contribution >= 0.6 is 12.4 Å². The van der Waals surface area contributed by atoms with E-state index in [1.807, 2.05) is 6.07 Å². The summed E-state index contributed by atoms with van der Waals surface area (Å²) in [5, 5.41) is 6.14. The predicted octanol–water partition coefficient (Wildman–Crippen LogP) is 3.77. The molecule has 2 atom stereocenters. The number of halogens is 1. The molecule has 0 spiro atoms. The Morgan fingerprint density at radius 2 is 1.71 bits per heavy atom. The van der Waals surface area contributed by atoms with Crippen LogP contribution in [0.2, 0.25) is 0 Å². The molecular weight excluding hydrogens is 412 g/mol. The van der Waals surface area contributed by atoms with Gasteiger partial charge in [0.05, 0.1) is 12.1 Å².